The number of hydrogen-bond acceptors (Lipinski definition) is 14. The van der Waals surface area contributed by atoms with Crippen LogP contribution in [0.3, 0.4) is 0 Å². The van der Waals surface area contributed by atoms with Crippen molar-refractivity contribution in [3.05, 3.63) is 35.9 Å². The van der Waals surface area contributed by atoms with E-state index in [-0.39, 0.29) is 101 Å². The zero-order valence-corrected chi connectivity index (χ0v) is 53.4. The first-order valence-electron chi connectivity index (χ1n) is 30.8. The minimum absolute atomic E-state index is 0.000328. The maximum atomic E-state index is 14.9. The first-order valence-corrected chi connectivity index (χ1v) is 30.8. The van der Waals surface area contributed by atoms with Crippen molar-refractivity contribution in [1.29, 1.82) is 0 Å². The molecule has 0 radical (unpaired) electrons. The fourth-order valence-corrected chi connectivity index (χ4v) is 9.91. The van der Waals surface area contributed by atoms with Crippen molar-refractivity contribution >= 4 is 77.0 Å². The fourth-order valence-electron chi connectivity index (χ4n) is 9.91. The molecule has 500 valence electrons. The van der Waals surface area contributed by atoms with Crippen molar-refractivity contribution in [3.8, 4) is 0 Å². The topological polar surface area (TPSA) is 483 Å². The lowest BCUT2D eigenvalue weighted by Crippen LogP contribution is -2.61. The Morgan fingerprint density at radius 3 is 1.64 bits per heavy atom. The number of β-amino-alcohol motifs (C(OH)–C–C–N with tert-alkyl or cyclic N) is 1. The Morgan fingerprint density at radius 2 is 1.12 bits per heavy atom. The Balaban J connectivity index is 2.51. The van der Waals surface area contributed by atoms with Crippen molar-refractivity contribution < 1.29 is 63.0 Å². The van der Waals surface area contributed by atoms with Crippen LogP contribution in [-0.2, 0) is 59.2 Å². The van der Waals surface area contributed by atoms with Gasteiger partial charge in [0.2, 0.25) is 59.1 Å². The number of carboxylic acids is 1. The van der Waals surface area contributed by atoms with E-state index >= 15 is 0 Å². The van der Waals surface area contributed by atoms with Gasteiger partial charge in [-0.2, -0.15) is 0 Å². The highest BCUT2D eigenvalue weighted by Gasteiger charge is 2.44. The molecule has 0 bridgehead atoms. The minimum Gasteiger partial charge on any atom is -0.481 e. The molecule has 1 saturated heterocycles. The SMILES string of the molecule is CCCCCCCC(=O)N[C@H](C)C(=O)N[C@@H](Cc1ccccc1)C(=O)N[C@H](CCCN=C(N)N)C(=O)N[C@@H](CC(C)C)C(=O)N1C[C@H](O)C[C@H]1C(=O)N[C@@H](CC(C)(C)C)C(=O)N[C@@H](CC(=O)O)C(=O)N[C@@H](CCCN=C(N)N)C(=O)N[C@H](C(N)=O)[C@@H](C)CC. The number of unbranched alkanes of at least 4 members (excludes halogenated alkanes) is 4. The molecule has 29 heteroatoms. The molecule has 0 unspecified atom stereocenters. The Morgan fingerprint density at radius 1 is 0.618 bits per heavy atom. The number of amides is 10. The van der Waals surface area contributed by atoms with Crippen molar-refractivity contribution in [1.82, 2.24) is 47.4 Å². The van der Waals surface area contributed by atoms with Gasteiger partial charge in [0, 0.05) is 38.9 Å². The van der Waals surface area contributed by atoms with E-state index < -0.39 is 137 Å². The van der Waals surface area contributed by atoms with Crippen LogP contribution in [0.2, 0.25) is 0 Å². The standard InChI is InChI=1S/C60H102N16O13/c1-10-12-13-14-18-25-46(78)68-36(6)50(82)71-41(29-37-21-16-15-17-22-37)53(85)69-39(23-19-26-66-58(62)63)51(83)73-43(28-34(3)4)57(89)76-33-38(77)30-45(76)56(88)74-44(32-60(7,8)9)55(87)72-42(31-47(79)80)54(86)70-40(24-20-27-67-59(64)65)52(84)75-48(49(61)81)35(5)11-2/h15-17,21-22,34-36,38-45,48,77H,10-14,18-20,23-33H2,1-9H3,(H2,61,81)(H,68,78)(H,69,85)(H,70,86)(H,71,82)(H,72,87)(H,73,83)(H,74,88)(H,75,84)(H,79,80)(H4,62,63,66)(H4,64,65,67)/t35-,36+,38+,39+,40-,41-,42-,43-,44-,45-,48-/m0/s1. The third-order valence-corrected chi connectivity index (χ3v) is 14.8. The summed E-state index contributed by atoms with van der Waals surface area (Å²) in [6.45, 7) is 15.5. The predicted octanol–water partition coefficient (Wildman–Crippen LogP) is -0.955. The van der Waals surface area contributed by atoms with Crippen LogP contribution in [0.4, 0.5) is 0 Å². The van der Waals surface area contributed by atoms with Crippen molar-refractivity contribution in [3.63, 3.8) is 0 Å². The third kappa shape index (κ3) is 29.6. The van der Waals surface area contributed by atoms with E-state index in [0.29, 0.717) is 18.4 Å². The number of hydrogen-bond donors (Lipinski definition) is 15. The monoisotopic (exact) mass is 1250 g/mol. The number of carbonyl (C=O) groups excluding carboxylic acids is 10. The molecule has 1 aliphatic heterocycles. The average Bonchev–Trinajstić information content (AvgIpc) is 1.86. The molecule has 2 rings (SSSR count). The van der Waals surface area contributed by atoms with Crippen LogP contribution in [0.1, 0.15) is 164 Å². The number of aliphatic imine (C=N–C) groups is 2. The highest BCUT2D eigenvalue weighted by atomic mass is 16.4. The molecule has 10 amide bonds. The van der Waals surface area contributed by atoms with E-state index in [9.17, 15) is 63.0 Å². The van der Waals surface area contributed by atoms with Gasteiger partial charge in [-0.1, -0.05) is 118 Å². The molecule has 29 nitrogen and oxygen atoms in total. The van der Waals surface area contributed by atoms with Crippen molar-refractivity contribution in [2.24, 2.45) is 55.9 Å². The first-order chi connectivity index (χ1) is 41.8. The minimum atomic E-state index is -1.84. The lowest BCUT2D eigenvalue weighted by molar-refractivity contribution is -0.143. The quantitative estimate of drug-likeness (QED) is 0.0214. The van der Waals surface area contributed by atoms with Crippen molar-refractivity contribution in [2.75, 3.05) is 19.6 Å². The van der Waals surface area contributed by atoms with Crippen LogP contribution in [0.15, 0.2) is 40.3 Å². The lowest BCUT2D eigenvalue weighted by atomic mass is 9.87. The number of nitrogens with zero attached hydrogens (tertiary/aromatic N) is 3. The second-order valence-corrected chi connectivity index (χ2v) is 24.6. The summed E-state index contributed by atoms with van der Waals surface area (Å²) < 4.78 is 0. The van der Waals surface area contributed by atoms with Crippen molar-refractivity contribution in [2.45, 2.75) is 226 Å². The van der Waals surface area contributed by atoms with Gasteiger partial charge in [-0.05, 0) is 74.7 Å². The zero-order chi connectivity index (χ0) is 67.1. The zero-order valence-electron chi connectivity index (χ0n) is 53.4. The van der Waals surface area contributed by atoms with E-state index in [0.717, 1.165) is 30.6 Å². The van der Waals surface area contributed by atoms with E-state index in [1.165, 1.54) is 6.92 Å². The van der Waals surface area contributed by atoms with Gasteiger partial charge in [-0.25, -0.2) is 0 Å². The largest absolute Gasteiger partial charge is 0.481 e. The summed E-state index contributed by atoms with van der Waals surface area (Å²) in [7, 11) is 0. The maximum absolute atomic E-state index is 14.9. The van der Waals surface area contributed by atoms with Gasteiger partial charge < -0.3 is 86.3 Å². The first kappa shape index (κ1) is 77.0. The number of primary amides is 1. The Kier molecular flexibility index (Phi) is 33.7. The number of nitrogens with one attached hydrogen (secondary N) is 8. The number of carboxylic acid groups (broad SMARTS) is 1. The van der Waals surface area contributed by atoms with Crippen LogP contribution in [0, 0.1) is 17.3 Å². The number of carbonyl (C=O) groups is 11. The van der Waals surface area contributed by atoms with Gasteiger partial charge in [-0.15, -0.1) is 0 Å². The third-order valence-electron chi connectivity index (χ3n) is 14.8. The number of guanidine groups is 2. The van der Waals surface area contributed by atoms with Crippen LogP contribution < -0.4 is 71.2 Å². The molecule has 0 spiro atoms. The molecule has 1 aromatic carbocycles. The molecule has 0 aromatic heterocycles. The fraction of sp³-hybridized carbons (Fsp3) is 0.683. The van der Waals surface area contributed by atoms with Gasteiger partial charge in [0.1, 0.15) is 54.4 Å². The molecule has 0 saturated carbocycles. The number of aliphatic hydroxyl groups is 1. The average molecular weight is 1260 g/mol. The summed E-state index contributed by atoms with van der Waals surface area (Å²) in [6.07, 6.45) is 2.66. The number of aliphatic hydroxyl groups excluding tert-OH is 1. The summed E-state index contributed by atoms with van der Waals surface area (Å²) in [5.74, 6) is -10.7. The number of aliphatic carboxylic acids is 1. The van der Waals surface area contributed by atoms with Gasteiger partial charge in [-0.3, -0.25) is 62.7 Å². The van der Waals surface area contributed by atoms with Crippen LogP contribution in [0.25, 0.3) is 0 Å². The van der Waals surface area contributed by atoms with Crippen LogP contribution >= 0.6 is 0 Å². The number of likely N-dealkylation sites (tertiary alicyclic amines) is 1. The summed E-state index contributed by atoms with van der Waals surface area (Å²) in [6, 6.07) is -3.57. The number of rotatable bonds is 40. The highest BCUT2D eigenvalue weighted by Crippen LogP contribution is 2.25. The Hall–Kier alpha value is -8.11. The second kappa shape index (κ2) is 39.0. The molecule has 1 heterocycles. The summed E-state index contributed by atoms with van der Waals surface area (Å²) in [5, 5.41) is 42.1. The molecular weight excluding hydrogens is 1150 g/mol. The highest BCUT2D eigenvalue weighted by molar-refractivity contribution is 5.99. The van der Waals surface area contributed by atoms with Gasteiger partial charge in [0.05, 0.1) is 12.5 Å². The normalized spacial score (nSPS) is 16.9. The maximum Gasteiger partial charge on any atom is 0.305 e. The van der Waals surface area contributed by atoms with Gasteiger partial charge in [0.25, 0.3) is 0 Å². The summed E-state index contributed by atoms with van der Waals surface area (Å²) >= 11 is 0. The van der Waals surface area contributed by atoms with E-state index in [1.54, 1.807) is 78.8 Å². The van der Waals surface area contributed by atoms with E-state index in [1.807, 2.05) is 0 Å². The van der Waals surface area contributed by atoms with E-state index in [2.05, 4.69) is 59.4 Å². The molecule has 0 aliphatic carbocycles. The molecule has 20 N–H and O–H groups in total. The number of nitrogens with two attached hydrogens (primary N) is 5. The predicted molar refractivity (Wildman–Crippen MR) is 335 cm³/mol. The van der Waals surface area contributed by atoms with Gasteiger partial charge >= 0.3 is 5.97 Å². The molecule has 1 fully saturated rings. The lowest BCUT2D eigenvalue weighted by Gasteiger charge is -2.32. The number of benzene rings is 1. The summed E-state index contributed by atoms with van der Waals surface area (Å²) in [5.41, 5.74) is 27.6. The van der Waals surface area contributed by atoms with Crippen LogP contribution in [0.5, 0.6) is 0 Å². The molecule has 1 aliphatic rings. The second-order valence-electron chi connectivity index (χ2n) is 24.6. The Bertz CT molecular complexity index is 2570. The summed E-state index contributed by atoms with van der Waals surface area (Å²) in [4.78, 5) is 161. The molecule has 89 heavy (non-hydrogen) atoms. The van der Waals surface area contributed by atoms with Crippen LogP contribution in [-0.4, -0.2) is 172 Å². The molecule has 11 atom stereocenters. The smallest absolute Gasteiger partial charge is 0.305 e. The van der Waals surface area contributed by atoms with E-state index in [4.69, 9.17) is 28.7 Å². The molecule has 1 aromatic rings. The van der Waals surface area contributed by atoms with Gasteiger partial charge in [0.15, 0.2) is 11.9 Å². The Labute approximate surface area is 522 Å². The molecular formula is C60H102N16O13.